The highest BCUT2D eigenvalue weighted by Gasteiger charge is 2.32. The van der Waals surface area contributed by atoms with Gasteiger partial charge in [-0.25, -0.2) is 0 Å². The van der Waals surface area contributed by atoms with Gasteiger partial charge in [0.15, 0.2) is 0 Å². The van der Waals surface area contributed by atoms with E-state index in [0.29, 0.717) is 13.1 Å². The highest BCUT2D eigenvalue weighted by Crippen LogP contribution is 2.33. The summed E-state index contributed by atoms with van der Waals surface area (Å²) in [5, 5.41) is 0. The van der Waals surface area contributed by atoms with Crippen molar-refractivity contribution < 1.29 is 22.7 Å². The molecule has 0 aromatic heterocycles. The first-order valence-corrected chi connectivity index (χ1v) is 6.48. The molecular formula is C14H16F3NO2. The number of carbonyl (C=O) groups excluding carboxylic acids is 1. The number of rotatable bonds is 2. The van der Waals surface area contributed by atoms with Crippen LogP contribution in [0, 0.1) is 0 Å². The fourth-order valence-corrected chi connectivity index (χ4v) is 2.32. The van der Waals surface area contributed by atoms with E-state index in [1.807, 2.05) is 0 Å². The predicted molar refractivity (Wildman–Crippen MR) is 67.8 cm³/mol. The smallest absolute Gasteiger partial charge is 0.416 e. The topological polar surface area (TPSA) is 29.5 Å². The van der Waals surface area contributed by atoms with Gasteiger partial charge in [0.25, 0.3) is 5.91 Å². The van der Waals surface area contributed by atoms with E-state index in [-0.39, 0.29) is 11.3 Å². The second-order valence-corrected chi connectivity index (χ2v) is 4.77. The standard InChI is InChI=1S/C14H16F3NO2/c1-20-12-6-5-10(14(15,16)17)9-11(12)13(19)18-7-3-2-4-8-18/h5-6,9H,2-4,7-8H2,1H3. The number of benzene rings is 1. The molecule has 1 aliphatic rings. The van der Waals surface area contributed by atoms with Crippen molar-refractivity contribution in [1.82, 2.24) is 4.90 Å². The molecule has 0 unspecified atom stereocenters. The van der Waals surface area contributed by atoms with Crippen LogP contribution >= 0.6 is 0 Å². The van der Waals surface area contributed by atoms with Crippen molar-refractivity contribution in [3.05, 3.63) is 29.3 Å². The molecule has 1 amide bonds. The number of ether oxygens (including phenoxy) is 1. The zero-order chi connectivity index (χ0) is 14.8. The molecule has 0 bridgehead atoms. The van der Waals surface area contributed by atoms with Crippen LogP contribution in [0.3, 0.4) is 0 Å². The van der Waals surface area contributed by atoms with Crippen LogP contribution in [0.15, 0.2) is 18.2 Å². The largest absolute Gasteiger partial charge is 0.496 e. The quantitative estimate of drug-likeness (QED) is 0.835. The number of halogens is 3. The molecule has 1 heterocycles. The van der Waals surface area contributed by atoms with Crippen LogP contribution in [0.2, 0.25) is 0 Å². The molecule has 0 aliphatic carbocycles. The fourth-order valence-electron chi connectivity index (χ4n) is 2.32. The first kappa shape index (κ1) is 14.7. The van der Waals surface area contributed by atoms with Gasteiger partial charge in [0.05, 0.1) is 18.2 Å². The van der Waals surface area contributed by atoms with Crippen molar-refractivity contribution in [2.24, 2.45) is 0 Å². The summed E-state index contributed by atoms with van der Waals surface area (Å²) in [5.41, 5.74) is -0.858. The molecule has 2 rings (SSSR count). The second-order valence-electron chi connectivity index (χ2n) is 4.77. The molecule has 0 radical (unpaired) electrons. The molecule has 1 saturated heterocycles. The summed E-state index contributed by atoms with van der Waals surface area (Å²) in [6.45, 7) is 1.16. The Labute approximate surface area is 115 Å². The molecular weight excluding hydrogens is 271 g/mol. The van der Waals surface area contributed by atoms with Gasteiger partial charge in [0.1, 0.15) is 5.75 Å². The Bertz CT molecular complexity index is 494. The normalized spacial score (nSPS) is 16.1. The zero-order valence-corrected chi connectivity index (χ0v) is 11.2. The van der Waals surface area contributed by atoms with Gasteiger partial charge in [0, 0.05) is 13.1 Å². The van der Waals surface area contributed by atoms with Crippen LogP contribution in [0.1, 0.15) is 35.2 Å². The summed E-state index contributed by atoms with van der Waals surface area (Å²) in [5.74, 6) is -0.221. The van der Waals surface area contributed by atoms with Gasteiger partial charge in [-0.1, -0.05) is 0 Å². The van der Waals surface area contributed by atoms with Crippen molar-refractivity contribution in [3.63, 3.8) is 0 Å². The van der Waals surface area contributed by atoms with E-state index in [1.54, 1.807) is 4.90 Å². The maximum atomic E-state index is 12.7. The first-order valence-electron chi connectivity index (χ1n) is 6.48. The average Bonchev–Trinajstić information content (AvgIpc) is 2.45. The van der Waals surface area contributed by atoms with Crippen molar-refractivity contribution in [3.8, 4) is 5.75 Å². The minimum atomic E-state index is -4.47. The number of hydrogen-bond acceptors (Lipinski definition) is 2. The van der Waals surface area contributed by atoms with Crippen molar-refractivity contribution >= 4 is 5.91 Å². The highest BCUT2D eigenvalue weighted by molar-refractivity contribution is 5.97. The van der Waals surface area contributed by atoms with Gasteiger partial charge >= 0.3 is 6.18 Å². The summed E-state index contributed by atoms with van der Waals surface area (Å²) in [4.78, 5) is 13.9. The minimum absolute atomic E-state index is 0.0239. The number of hydrogen-bond donors (Lipinski definition) is 0. The van der Waals surface area contributed by atoms with Gasteiger partial charge in [-0.05, 0) is 37.5 Å². The molecule has 1 aliphatic heterocycles. The van der Waals surface area contributed by atoms with Crippen LogP contribution in [0.25, 0.3) is 0 Å². The third kappa shape index (κ3) is 3.05. The predicted octanol–water partition coefficient (Wildman–Crippen LogP) is 3.34. The Morgan fingerprint density at radius 3 is 2.40 bits per heavy atom. The molecule has 1 aromatic rings. The first-order chi connectivity index (χ1) is 9.43. The lowest BCUT2D eigenvalue weighted by atomic mass is 10.1. The fraction of sp³-hybridized carbons (Fsp3) is 0.500. The van der Waals surface area contributed by atoms with Gasteiger partial charge in [-0.3, -0.25) is 4.79 Å². The van der Waals surface area contributed by atoms with Gasteiger partial charge in [0.2, 0.25) is 0 Å². The molecule has 0 saturated carbocycles. The zero-order valence-electron chi connectivity index (χ0n) is 11.2. The van der Waals surface area contributed by atoms with Gasteiger partial charge < -0.3 is 9.64 Å². The third-order valence-corrected chi connectivity index (χ3v) is 3.40. The van der Waals surface area contributed by atoms with Crippen LogP contribution in [-0.4, -0.2) is 31.0 Å². The number of likely N-dealkylation sites (tertiary alicyclic amines) is 1. The van der Waals surface area contributed by atoms with Gasteiger partial charge in [-0.2, -0.15) is 13.2 Å². The monoisotopic (exact) mass is 287 g/mol. The molecule has 110 valence electrons. The Balaban J connectivity index is 2.34. The number of carbonyl (C=O) groups is 1. The maximum Gasteiger partial charge on any atom is 0.416 e. The SMILES string of the molecule is COc1ccc(C(F)(F)F)cc1C(=O)N1CCCCC1. The molecule has 20 heavy (non-hydrogen) atoms. The van der Waals surface area contributed by atoms with E-state index in [2.05, 4.69) is 0 Å². The lowest BCUT2D eigenvalue weighted by Crippen LogP contribution is -2.35. The second kappa shape index (κ2) is 5.73. The van der Waals surface area contributed by atoms with Crippen LogP contribution in [0.5, 0.6) is 5.75 Å². The van der Waals surface area contributed by atoms with Crippen LogP contribution in [-0.2, 0) is 6.18 Å². The summed E-state index contributed by atoms with van der Waals surface area (Å²) < 4.78 is 43.2. The summed E-state index contributed by atoms with van der Waals surface area (Å²) in [6, 6.07) is 2.99. The molecule has 0 N–H and O–H groups in total. The molecule has 0 spiro atoms. The summed E-state index contributed by atoms with van der Waals surface area (Å²) in [6.07, 6.45) is -1.66. The van der Waals surface area contributed by atoms with Crippen LogP contribution < -0.4 is 4.74 Å². The van der Waals surface area contributed by atoms with E-state index in [9.17, 15) is 18.0 Å². The minimum Gasteiger partial charge on any atom is -0.496 e. The highest BCUT2D eigenvalue weighted by atomic mass is 19.4. The summed E-state index contributed by atoms with van der Waals surface area (Å²) in [7, 11) is 1.34. The van der Waals surface area contributed by atoms with E-state index in [4.69, 9.17) is 4.74 Å². The van der Waals surface area contributed by atoms with Crippen molar-refractivity contribution in [2.45, 2.75) is 25.4 Å². The summed E-state index contributed by atoms with van der Waals surface area (Å²) >= 11 is 0. The number of amides is 1. The Hall–Kier alpha value is -1.72. The molecule has 1 fully saturated rings. The molecule has 6 heteroatoms. The van der Waals surface area contributed by atoms with E-state index < -0.39 is 17.6 Å². The van der Waals surface area contributed by atoms with Gasteiger partial charge in [-0.15, -0.1) is 0 Å². The van der Waals surface area contributed by atoms with E-state index in [0.717, 1.165) is 31.4 Å². The van der Waals surface area contributed by atoms with Crippen molar-refractivity contribution in [2.75, 3.05) is 20.2 Å². The maximum absolute atomic E-state index is 12.7. The van der Waals surface area contributed by atoms with Crippen LogP contribution in [0.4, 0.5) is 13.2 Å². The number of methoxy groups -OCH3 is 1. The molecule has 0 atom stereocenters. The molecule has 1 aromatic carbocycles. The lowest BCUT2D eigenvalue weighted by molar-refractivity contribution is -0.137. The van der Waals surface area contributed by atoms with E-state index >= 15 is 0 Å². The Morgan fingerprint density at radius 2 is 1.85 bits per heavy atom. The van der Waals surface area contributed by atoms with Crippen molar-refractivity contribution in [1.29, 1.82) is 0 Å². The van der Waals surface area contributed by atoms with E-state index in [1.165, 1.54) is 13.2 Å². The number of nitrogens with zero attached hydrogens (tertiary/aromatic N) is 1. The average molecular weight is 287 g/mol. The number of piperidine rings is 1. The third-order valence-electron chi connectivity index (χ3n) is 3.40. The Kier molecular flexibility index (Phi) is 4.20. The lowest BCUT2D eigenvalue weighted by Gasteiger charge is -2.27. The Morgan fingerprint density at radius 1 is 1.20 bits per heavy atom. The molecule has 3 nitrogen and oxygen atoms in total. The number of alkyl halides is 3.